The molecule has 27 heavy (non-hydrogen) atoms. The van der Waals surface area contributed by atoms with E-state index in [9.17, 15) is 10.1 Å². The number of aromatic nitrogens is 3. The zero-order valence-corrected chi connectivity index (χ0v) is 16.4. The number of nitriles is 1. The molecule has 0 saturated carbocycles. The molecule has 6 heteroatoms. The van der Waals surface area contributed by atoms with E-state index in [4.69, 9.17) is 11.6 Å². The summed E-state index contributed by atoms with van der Waals surface area (Å²) in [5.74, 6) is -0.439. The second-order valence-corrected chi connectivity index (χ2v) is 6.83. The minimum Gasteiger partial charge on any atom is -0.316 e. The predicted octanol–water partition coefficient (Wildman–Crippen LogP) is 4.81. The Bertz CT molecular complexity index is 1110. The second-order valence-electron chi connectivity index (χ2n) is 6.43. The molecule has 0 N–H and O–H groups in total. The lowest BCUT2D eigenvalue weighted by Gasteiger charge is -2.11. The van der Waals surface area contributed by atoms with Gasteiger partial charge in [0.05, 0.1) is 16.4 Å². The third-order valence-electron chi connectivity index (χ3n) is 4.42. The summed E-state index contributed by atoms with van der Waals surface area (Å²) in [5, 5.41) is 14.3. The standard InChI is InChI=1S/C21H19ClN4O/c1-13-9-15(3)26(24-13)21(27)18(12-23)11-17-10-14(2)25(16(17)4)20-8-6-5-7-19(20)22/h5-11H,1-4H3/b18-11+. The van der Waals surface area contributed by atoms with Crippen LogP contribution < -0.4 is 0 Å². The first-order chi connectivity index (χ1) is 12.8. The number of hydrogen-bond acceptors (Lipinski definition) is 3. The van der Waals surface area contributed by atoms with E-state index in [0.29, 0.717) is 10.7 Å². The topological polar surface area (TPSA) is 63.6 Å². The summed E-state index contributed by atoms with van der Waals surface area (Å²) >= 11 is 6.34. The molecule has 136 valence electrons. The molecule has 3 aromatic rings. The molecular formula is C21H19ClN4O. The van der Waals surface area contributed by atoms with Crippen LogP contribution in [0.25, 0.3) is 11.8 Å². The number of para-hydroxylation sites is 1. The van der Waals surface area contributed by atoms with Crippen LogP contribution >= 0.6 is 11.6 Å². The fourth-order valence-corrected chi connectivity index (χ4v) is 3.40. The molecule has 0 spiro atoms. The molecule has 0 atom stereocenters. The molecule has 0 aliphatic carbocycles. The molecule has 0 fully saturated rings. The Morgan fingerprint density at radius 2 is 1.85 bits per heavy atom. The van der Waals surface area contributed by atoms with Crippen LogP contribution in [0.2, 0.25) is 5.02 Å². The van der Waals surface area contributed by atoms with Crippen molar-refractivity contribution < 1.29 is 4.79 Å². The fraction of sp³-hybridized carbons (Fsp3) is 0.190. The maximum absolute atomic E-state index is 12.7. The minimum absolute atomic E-state index is 0.0283. The van der Waals surface area contributed by atoms with Crippen molar-refractivity contribution in [3.63, 3.8) is 0 Å². The zero-order valence-electron chi connectivity index (χ0n) is 15.6. The van der Waals surface area contributed by atoms with Gasteiger partial charge in [0.2, 0.25) is 0 Å². The number of nitrogens with zero attached hydrogens (tertiary/aromatic N) is 4. The van der Waals surface area contributed by atoms with Gasteiger partial charge in [-0.05, 0) is 63.6 Å². The highest BCUT2D eigenvalue weighted by atomic mass is 35.5. The molecule has 2 aromatic heterocycles. The number of benzene rings is 1. The Hall–Kier alpha value is -3.10. The summed E-state index contributed by atoms with van der Waals surface area (Å²) < 4.78 is 3.27. The van der Waals surface area contributed by atoms with Crippen molar-refractivity contribution in [2.75, 3.05) is 0 Å². The summed E-state index contributed by atoms with van der Waals surface area (Å²) in [6.07, 6.45) is 1.61. The Labute approximate surface area is 163 Å². The van der Waals surface area contributed by atoms with Gasteiger partial charge in [-0.2, -0.15) is 10.4 Å². The Morgan fingerprint density at radius 1 is 1.15 bits per heavy atom. The molecule has 0 saturated heterocycles. The van der Waals surface area contributed by atoms with E-state index in [1.165, 1.54) is 4.68 Å². The van der Waals surface area contributed by atoms with E-state index in [2.05, 4.69) is 5.10 Å². The molecule has 0 amide bonds. The molecule has 0 radical (unpaired) electrons. The van der Waals surface area contributed by atoms with Crippen molar-refractivity contribution in [3.8, 4) is 11.8 Å². The summed E-state index contributed by atoms with van der Waals surface area (Å²) in [6, 6.07) is 13.3. The maximum atomic E-state index is 12.7. The van der Waals surface area contributed by atoms with Gasteiger partial charge >= 0.3 is 0 Å². The predicted molar refractivity (Wildman–Crippen MR) is 106 cm³/mol. The summed E-state index contributed by atoms with van der Waals surface area (Å²) in [5.41, 5.74) is 4.96. The summed E-state index contributed by atoms with van der Waals surface area (Å²) in [6.45, 7) is 7.49. The Balaban J connectivity index is 2.08. The SMILES string of the molecule is Cc1cc(C)n(C(=O)/C(C#N)=C/c2cc(C)n(-c3ccccc3Cl)c2C)n1. The molecule has 3 rings (SSSR count). The average molecular weight is 379 g/mol. The highest BCUT2D eigenvalue weighted by molar-refractivity contribution is 6.32. The molecule has 0 unspecified atom stereocenters. The number of rotatable bonds is 3. The van der Waals surface area contributed by atoms with Crippen LogP contribution in [0.3, 0.4) is 0 Å². The van der Waals surface area contributed by atoms with Crippen LogP contribution in [-0.4, -0.2) is 20.3 Å². The maximum Gasteiger partial charge on any atom is 0.289 e. The van der Waals surface area contributed by atoms with Crippen molar-refractivity contribution in [1.29, 1.82) is 5.26 Å². The molecule has 0 aliphatic heterocycles. The molecule has 0 bridgehead atoms. The van der Waals surface area contributed by atoms with Gasteiger partial charge in [-0.25, -0.2) is 4.68 Å². The normalized spacial score (nSPS) is 11.5. The highest BCUT2D eigenvalue weighted by Crippen LogP contribution is 2.27. The largest absolute Gasteiger partial charge is 0.316 e. The second kappa shape index (κ2) is 7.26. The van der Waals surface area contributed by atoms with E-state index < -0.39 is 5.91 Å². The molecule has 1 aromatic carbocycles. The van der Waals surface area contributed by atoms with Gasteiger partial charge < -0.3 is 4.57 Å². The number of carbonyl (C=O) groups excluding carboxylic acids is 1. The molecule has 5 nitrogen and oxygen atoms in total. The Kier molecular flexibility index (Phi) is 5.02. The van der Waals surface area contributed by atoms with E-state index in [0.717, 1.165) is 28.3 Å². The van der Waals surface area contributed by atoms with Crippen LogP contribution in [0.4, 0.5) is 0 Å². The van der Waals surface area contributed by atoms with Gasteiger partial charge in [0.25, 0.3) is 5.91 Å². The van der Waals surface area contributed by atoms with Crippen molar-refractivity contribution >= 4 is 23.6 Å². The van der Waals surface area contributed by atoms with E-state index >= 15 is 0 Å². The van der Waals surface area contributed by atoms with Crippen molar-refractivity contribution in [3.05, 3.63) is 75.3 Å². The molecule has 0 aliphatic rings. The van der Waals surface area contributed by atoms with Gasteiger partial charge in [-0.15, -0.1) is 0 Å². The fourth-order valence-electron chi connectivity index (χ4n) is 3.18. The Morgan fingerprint density at radius 3 is 2.44 bits per heavy atom. The van der Waals surface area contributed by atoms with E-state index in [1.54, 1.807) is 19.1 Å². The molecule has 2 heterocycles. The lowest BCUT2D eigenvalue weighted by Crippen LogP contribution is -2.15. The van der Waals surface area contributed by atoms with Crippen LogP contribution in [0, 0.1) is 39.0 Å². The number of carbonyl (C=O) groups is 1. The van der Waals surface area contributed by atoms with Gasteiger partial charge in [0.15, 0.2) is 0 Å². The first kappa shape index (κ1) is 18.7. The number of halogens is 1. The van der Waals surface area contributed by atoms with Gasteiger partial charge in [-0.1, -0.05) is 23.7 Å². The third kappa shape index (κ3) is 3.44. The van der Waals surface area contributed by atoms with E-state index in [-0.39, 0.29) is 5.57 Å². The summed E-state index contributed by atoms with van der Waals surface area (Å²) in [4.78, 5) is 12.7. The zero-order chi connectivity index (χ0) is 19.7. The summed E-state index contributed by atoms with van der Waals surface area (Å²) in [7, 11) is 0. The smallest absolute Gasteiger partial charge is 0.289 e. The number of allylic oxidation sites excluding steroid dienone is 1. The van der Waals surface area contributed by atoms with Crippen LogP contribution in [0.5, 0.6) is 0 Å². The monoisotopic (exact) mass is 378 g/mol. The average Bonchev–Trinajstić information content (AvgIpc) is 3.11. The minimum atomic E-state index is -0.439. The third-order valence-corrected chi connectivity index (χ3v) is 4.74. The lowest BCUT2D eigenvalue weighted by atomic mass is 10.1. The van der Waals surface area contributed by atoms with Gasteiger partial charge in [0.1, 0.15) is 11.6 Å². The van der Waals surface area contributed by atoms with Crippen molar-refractivity contribution in [1.82, 2.24) is 14.3 Å². The highest BCUT2D eigenvalue weighted by Gasteiger charge is 2.18. The van der Waals surface area contributed by atoms with Crippen LogP contribution in [0.15, 0.2) is 42.0 Å². The quantitative estimate of drug-likeness (QED) is 0.485. The first-order valence-corrected chi connectivity index (χ1v) is 8.85. The molecular weight excluding hydrogens is 360 g/mol. The van der Waals surface area contributed by atoms with Crippen molar-refractivity contribution in [2.24, 2.45) is 0 Å². The first-order valence-electron chi connectivity index (χ1n) is 8.47. The number of hydrogen-bond donors (Lipinski definition) is 0. The van der Waals surface area contributed by atoms with Crippen LogP contribution in [-0.2, 0) is 0 Å². The van der Waals surface area contributed by atoms with Gasteiger partial charge in [0, 0.05) is 17.1 Å². The van der Waals surface area contributed by atoms with Gasteiger partial charge in [-0.3, -0.25) is 4.79 Å². The van der Waals surface area contributed by atoms with Crippen molar-refractivity contribution in [2.45, 2.75) is 27.7 Å². The lowest BCUT2D eigenvalue weighted by molar-refractivity contribution is 0.0944. The number of aryl methyl sites for hydroxylation is 3. The van der Waals surface area contributed by atoms with Crippen LogP contribution in [0.1, 0.15) is 33.1 Å². The van der Waals surface area contributed by atoms with E-state index in [1.807, 2.05) is 61.7 Å².